The molecule has 2 amide bonds. The average molecular weight is 299 g/mol. The Morgan fingerprint density at radius 3 is 2.82 bits per heavy atom. The number of likely N-dealkylation sites (tertiary alicyclic amines) is 1. The molecule has 0 unspecified atom stereocenters. The van der Waals surface area contributed by atoms with Gasteiger partial charge in [0.15, 0.2) is 0 Å². The van der Waals surface area contributed by atoms with Crippen LogP contribution >= 0.6 is 0 Å². The van der Waals surface area contributed by atoms with Gasteiger partial charge in [0, 0.05) is 13.0 Å². The van der Waals surface area contributed by atoms with Crippen LogP contribution in [0.5, 0.6) is 0 Å². The lowest BCUT2D eigenvalue weighted by atomic mass is 10.1. The number of benzene rings is 1. The largest absolute Gasteiger partial charge is 0.347 e. The minimum Gasteiger partial charge on any atom is -0.347 e. The molecule has 0 radical (unpaired) electrons. The van der Waals surface area contributed by atoms with Crippen LogP contribution in [0.25, 0.3) is 0 Å². The van der Waals surface area contributed by atoms with E-state index in [-0.39, 0.29) is 24.4 Å². The molecule has 0 spiro atoms. The fourth-order valence-electron chi connectivity index (χ4n) is 2.66. The summed E-state index contributed by atoms with van der Waals surface area (Å²) in [5, 5.41) is 11.6. The lowest BCUT2D eigenvalue weighted by molar-refractivity contribution is -0.132. The van der Waals surface area contributed by atoms with Crippen molar-refractivity contribution in [2.75, 3.05) is 13.1 Å². The first kappa shape index (κ1) is 16.0. The van der Waals surface area contributed by atoms with Gasteiger partial charge in [-0.05, 0) is 31.2 Å². The number of rotatable bonds is 6. The summed E-state index contributed by atoms with van der Waals surface area (Å²) in [6.45, 7) is 0.600. The number of amides is 2. The third-order valence-corrected chi connectivity index (χ3v) is 3.87. The van der Waals surface area contributed by atoms with E-state index in [1.54, 1.807) is 4.90 Å². The molecule has 1 fully saturated rings. The van der Waals surface area contributed by atoms with Crippen molar-refractivity contribution >= 4 is 11.8 Å². The van der Waals surface area contributed by atoms with E-state index in [1.807, 2.05) is 30.3 Å². The Morgan fingerprint density at radius 2 is 2.09 bits per heavy atom. The third kappa shape index (κ3) is 4.59. The number of nitrogens with one attached hydrogen (secondary N) is 1. The Hall–Kier alpha value is -2.35. The maximum atomic E-state index is 12.0. The van der Waals surface area contributed by atoms with E-state index >= 15 is 0 Å². The average Bonchev–Trinajstić information content (AvgIpc) is 3.02. The van der Waals surface area contributed by atoms with E-state index in [0.29, 0.717) is 13.0 Å². The lowest BCUT2D eigenvalue weighted by Gasteiger charge is -2.19. The van der Waals surface area contributed by atoms with Crippen LogP contribution in [-0.4, -0.2) is 35.8 Å². The number of carbonyl (C=O) groups excluding carboxylic acids is 2. The fraction of sp³-hybridized carbons (Fsp3) is 0.471. The minimum absolute atomic E-state index is 0.0116. The van der Waals surface area contributed by atoms with Gasteiger partial charge in [-0.2, -0.15) is 5.26 Å². The summed E-state index contributed by atoms with van der Waals surface area (Å²) in [5.41, 5.74) is 1.21. The highest BCUT2D eigenvalue weighted by Gasteiger charge is 2.28. The predicted octanol–water partition coefficient (Wildman–Crippen LogP) is 1.64. The molecule has 5 nitrogen and oxygen atoms in total. The highest BCUT2D eigenvalue weighted by molar-refractivity contribution is 5.85. The second-order valence-electron chi connectivity index (χ2n) is 5.49. The smallest absolute Gasteiger partial charge is 0.243 e. The molecular formula is C17H21N3O2. The molecule has 1 atom stereocenters. The first-order chi connectivity index (χ1) is 10.7. The van der Waals surface area contributed by atoms with Crippen molar-refractivity contribution in [3.05, 3.63) is 35.9 Å². The van der Waals surface area contributed by atoms with Crippen molar-refractivity contribution in [3.63, 3.8) is 0 Å². The van der Waals surface area contributed by atoms with Crippen molar-refractivity contribution in [3.8, 4) is 6.07 Å². The molecule has 1 aliphatic heterocycles. The fourth-order valence-corrected chi connectivity index (χ4v) is 2.66. The molecular weight excluding hydrogens is 278 g/mol. The van der Waals surface area contributed by atoms with Crippen LogP contribution in [0.2, 0.25) is 0 Å². The van der Waals surface area contributed by atoms with Crippen LogP contribution in [0.15, 0.2) is 30.3 Å². The molecule has 1 saturated heterocycles. The van der Waals surface area contributed by atoms with Gasteiger partial charge in [0.05, 0.1) is 12.6 Å². The van der Waals surface area contributed by atoms with Crippen LogP contribution in [0, 0.1) is 11.3 Å². The third-order valence-electron chi connectivity index (χ3n) is 3.87. The summed E-state index contributed by atoms with van der Waals surface area (Å²) in [5.74, 6) is -0.280. The van der Waals surface area contributed by atoms with Crippen molar-refractivity contribution < 1.29 is 9.59 Å². The molecule has 0 saturated carbocycles. The van der Waals surface area contributed by atoms with Gasteiger partial charge in [0.1, 0.15) is 6.04 Å². The zero-order chi connectivity index (χ0) is 15.8. The topological polar surface area (TPSA) is 73.2 Å². The maximum Gasteiger partial charge on any atom is 0.243 e. The maximum absolute atomic E-state index is 12.0. The van der Waals surface area contributed by atoms with E-state index in [9.17, 15) is 9.59 Å². The standard InChI is InChI=1S/C17H21N3O2/c18-12-15-9-5-11-20(15)17(22)13-19-16(21)10-4-8-14-6-2-1-3-7-14/h1-3,6-7,15H,4-5,8-11,13H2,(H,19,21)/t15-/m0/s1. The molecule has 116 valence electrons. The molecule has 2 rings (SSSR count). The highest BCUT2D eigenvalue weighted by atomic mass is 16.2. The Labute approximate surface area is 130 Å². The Bertz CT molecular complexity index is 551. The monoisotopic (exact) mass is 299 g/mol. The van der Waals surface area contributed by atoms with Gasteiger partial charge in [-0.15, -0.1) is 0 Å². The van der Waals surface area contributed by atoms with Gasteiger partial charge in [0.25, 0.3) is 0 Å². The van der Waals surface area contributed by atoms with Gasteiger partial charge in [-0.25, -0.2) is 0 Å². The molecule has 22 heavy (non-hydrogen) atoms. The van der Waals surface area contributed by atoms with Gasteiger partial charge < -0.3 is 10.2 Å². The Morgan fingerprint density at radius 1 is 1.32 bits per heavy atom. The van der Waals surface area contributed by atoms with Crippen LogP contribution in [-0.2, 0) is 16.0 Å². The van der Waals surface area contributed by atoms with Crippen LogP contribution < -0.4 is 5.32 Å². The summed E-state index contributed by atoms with van der Waals surface area (Å²) in [7, 11) is 0. The number of aryl methyl sites for hydroxylation is 1. The van der Waals surface area contributed by atoms with Crippen LogP contribution in [0.4, 0.5) is 0 Å². The number of nitriles is 1. The van der Waals surface area contributed by atoms with Gasteiger partial charge in [-0.3, -0.25) is 9.59 Å². The summed E-state index contributed by atoms with van der Waals surface area (Å²) in [6.07, 6.45) is 3.60. The van der Waals surface area contributed by atoms with Crippen LogP contribution in [0.3, 0.4) is 0 Å². The minimum atomic E-state index is -0.331. The van der Waals surface area contributed by atoms with Gasteiger partial charge >= 0.3 is 0 Å². The summed E-state index contributed by atoms with van der Waals surface area (Å²) in [6, 6.07) is 11.8. The molecule has 0 bridgehead atoms. The molecule has 1 aliphatic rings. The van der Waals surface area contributed by atoms with E-state index in [1.165, 1.54) is 5.56 Å². The molecule has 1 N–H and O–H groups in total. The molecule has 1 aromatic carbocycles. The first-order valence-electron chi connectivity index (χ1n) is 7.70. The summed E-state index contributed by atoms with van der Waals surface area (Å²) < 4.78 is 0. The number of hydrogen-bond donors (Lipinski definition) is 1. The Kier molecular flexibility index (Phi) is 5.96. The molecule has 1 heterocycles. The zero-order valence-electron chi connectivity index (χ0n) is 12.6. The van der Waals surface area contributed by atoms with E-state index in [2.05, 4.69) is 11.4 Å². The molecule has 0 aliphatic carbocycles. The second-order valence-corrected chi connectivity index (χ2v) is 5.49. The van der Waals surface area contributed by atoms with Gasteiger partial charge in [-0.1, -0.05) is 30.3 Å². The van der Waals surface area contributed by atoms with E-state index < -0.39 is 0 Å². The number of nitrogens with zero attached hydrogens (tertiary/aromatic N) is 2. The van der Waals surface area contributed by atoms with Crippen molar-refractivity contribution in [2.24, 2.45) is 0 Å². The lowest BCUT2D eigenvalue weighted by Crippen LogP contribution is -2.42. The zero-order valence-corrected chi connectivity index (χ0v) is 12.6. The SMILES string of the molecule is N#C[C@@H]1CCCN1C(=O)CNC(=O)CCCc1ccccc1. The van der Waals surface area contributed by atoms with Crippen molar-refractivity contribution in [1.82, 2.24) is 10.2 Å². The quantitative estimate of drug-likeness (QED) is 0.868. The van der Waals surface area contributed by atoms with Crippen molar-refractivity contribution in [2.45, 2.75) is 38.1 Å². The van der Waals surface area contributed by atoms with E-state index in [4.69, 9.17) is 5.26 Å². The molecule has 5 heteroatoms. The summed E-state index contributed by atoms with van der Waals surface area (Å²) >= 11 is 0. The summed E-state index contributed by atoms with van der Waals surface area (Å²) in [4.78, 5) is 25.3. The molecule has 0 aromatic heterocycles. The van der Waals surface area contributed by atoms with Crippen LogP contribution in [0.1, 0.15) is 31.2 Å². The number of carbonyl (C=O) groups is 2. The predicted molar refractivity (Wildman–Crippen MR) is 82.7 cm³/mol. The Balaban J connectivity index is 1.65. The van der Waals surface area contributed by atoms with E-state index in [0.717, 1.165) is 25.7 Å². The first-order valence-corrected chi connectivity index (χ1v) is 7.70. The second kappa shape index (κ2) is 8.18. The highest BCUT2D eigenvalue weighted by Crippen LogP contribution is 2.15. The number of hydrogen-bond acceptors (Lipinski definition) is 3. The van der Waals surface area contributed by atoms with Gasteiger partial charge in [0.2, 0.25) is 11.8 Å². The normalized spacial score (nSPS) is 17.0. The van der Waals surface area contributed by atoms with Crippen molar-refractivity contribution in [1.29, 1.82) is 5.26 Å². The molecule has 1 aromatic rings.